The van der Waals surface area contributed by atoms with Crippen molar-refractivity contribution in [2.45, 2.75) is 13.3 Å². The average Bonchev–Trinajstić information content (AvgIpc) is 2.53. The van der Waals surface area contributed by atoms with Crippen LogP contribution in [0.5, 0.6) is 0 Å². The summed E-state index contributed by atoms with van der Waals surface area (Å²) in [5, 5.41) is 2.01. The highest BCUT2D eigenvalue weighted by atomic mass is 35.5. The molecular formula is C10H10ClN. The molecule has 1 aromatic heterocycles. The smallest absolute Gasteiger partial charge is 0.0531 e. The van der Waals surface area contributed by atoms with Crippen molar-refractivity contribution in [3.8, 4) is 0 Å². The molecule has 0 spiro atoms. The number of nitrogens with one attached hydrogen (secondary N) is 1. The summed E-state index contributed by atoms with van der Waals surface area (Å²) in [4.78, 5) is 3.13. The van der Waals surface area contributed by atoms with Gasteiger partial charge in [-0.3, -0.25) is 0 Å². The van der Waals surface area contributed by atoms with Gasteiger partial charge >= 0.3 is 0 Å². The van der Waals surface area contributed by atoms with Gasteiger partial charge in [0.25, 0.3) is 0 Å². The molecule has 0 aliphatic heterocycles. The van der Waals surface area contributed by atoms with Crippen molar-refractivity contribution in [1.82, 2.24) is 4.98 Å². The molecule has 0 unspecified atom stereocenters. The highest BCUT2D eigenvalue weighted by molar-refractivity contribution is 6.36. The number of H-pyrrole nitrogens is 1. The van der Waals surface area contributed by atoms with Gasteiger partial charge in [0.05, 0.1) is 5.02 Å². The minimum absolute atomic E-state index is 0.885. The summed E-state index contributed by atoms with van der Waals surface area (Å²) in [6, 6.07) is 6.15. The van der Waals surface area contributed by atoms with Crippen LogP contribution in [0.1, 0.15) is 12.5 Å². The fourth-order valence-electron chi connectivity index (χ4n) is 1.41. The number of benzene rings is 1. The van der Waals surface area contributed by atoms with Crippen LogP contribution < -0.4 is 0 Å². The Labute approximate surface area is 76.4 Å². The van der Waals surface area contributed by atoms with Gasteiger partial charge in [-0.25, -0.2) is 0 Å². The Kier molecular flexibility index (Phi) is 1.81. The van der Waals surface area contributed by atoms with Crippen molar-refractivity contribution in [2.24, 2.45) is 0 Å². The summed E-state index contributed by atoms with van der Waals surface area (Å²) in [7, 11) is 0. The molecule has 62 valence electrons. The third-order valence-electron chi connectivity index (χ3n) is 2.13. The molecule has 2 rings (SSSR count). The number of halogens is 1. The first kappa shape index (κ1) is 7.69. The third kappa shape index (κ3) is 1.01. The van der Waals surface area contributed by atoms with E-state index in [0.29, 0.717) is 0 Å². The lowest BCUT2D eigenvalue weighted by Gasteiger charge is -2.00. The van der Waals surface area contributed by atoms with E-state index >= 15 is 0 Å². The predicted octanol–water partition coefficient (Wildman–Crippen LogP) is 3.38. The van der Waals surface area contributed by atoms with E-state index in [9.17, 15) is 0 Å². The van der Waals surface area contributed by atoms with E-state index in [4.69, 9.17) is 11.6 Å². The van der Waals surface area contributed by atoms with E-state index < -0.39 is 0 Å². The van der Waals surface area contributed by atoms with Crippen LogP contribution in [0.25, 0.3) is 10.9 Å². The molecular weight excluding hydrogens is 170 g/mol. The summed E-state index contributed by atoms with van der Waals surface area (Å²) in [5.41, 5.74) is 2.32. The van der Waals surface area contributed by atoms with E-state index in [0.717, 1.165) is 22.3 Å². The lowest BCUT2D eigenvalue weighted by Crippen LogP contribution is -1.81. The topological polar surface area (TPSA) is 15.8 Å². The maximum Gasteiger partial charge on any atom is 0.0531 e. The van der Waals surface area contributed by atoms with Gasteiger partial charge in [-0.2, -0.15) is 0 Å². The van der Waals surface area contributed by atoms with Crippen molar-refractivity contribution in [3.05, 3.63) is 35.0 Å². The highest BCUT2D eigenvalue weighted by Crippen LogP contribution is 2.26. The fourth-order valence-corrected chi connectivity index (χ4v) is 1.78. The van der Waals surface area contributed by atoms with Crippen molar-refractivity contribution in [1.29, 1.82) is 0 Å². The molecule has 0 fully saturated rings. The van der Waals surface area contributed by atoms with Gasteiger partial charge < -0.3 is 4.98 Å². The Balaban J connectivity index is 2.78. The predicted molar refractivity (Wildman–Crippen MR) is 52.7 cm³/mol. The van der Waals surface area contributed by atoms with Crippen LogP contribution in [0, 0.1) is 0 Å². The summed E-state index contributed by atoms with van der Waals surface area (Å²) in [6.45, 7) is 2.11. The Morgan fingerprint density at radius 2 is 2.17 bits per heavy atom. The number of aromatic nitrogens is 1. The van der Waals surface area contributed by atoms with E-state index in [-0.39, 0.29) is 0 Å². The van der Waals surface area contributed by atoms with E-state index in [1.165, 1.54) is 5.56 Å². The molecule has 0 aliphatic carbocycles. The SMILES string of the molecule is CCc1ccc2[nH]ccc2c1Cl. The average molecular weight is 180 g/mol. The highest BCUT2D eigenvalue weighted by Gasteiger charge is 2.03. The molecule has 1 heterocycles. The molecule has 12 heavy (non-hydrogen) atoms. The number of aromatic amines is 1. The lowest BCUT2D eigenvalue weighted by molar-refractivity contribution is 1.15. The fraction of sp³-hybridized carbons (Fsp3) is 0.200. The normalized spacial score (nSPS) is 10.8. The van der Waals surface area contributed by atoms with Gasteiger partial charge in [-0.1, -0.05) is 24.6 Å². The standard InChI is InChI=1S/C10H10ClN/c1-2-7-3-4-9-8(10(7)11)5-6-12-9/h3-6,12H,2H2,1H3. The monoisotopic (exact) mass is 179 g/mol. The summed E-state index contributed by atoms with van der Waals surface area (Å²) in [6.07, 6.45) is 2.90. The molecule has 0 radical (unpaired) electrons. The van der Waals surface area contributed by atoms with Crippen molar-refractivity contribution >= 4 is 22.5 Å². The zero-order valence-electron chi connectivity index (χ0n) is 6.89. The molecule has 1 aromatic carbocycles. The first-order valence-corrected chi connectivity index (χ1v) is 4.45. The van der Waals surface area contributed by atoms with Crippen molar-refractivity contribution in [2.75, 3.05) is 0 Å². The number of hydrogen-bond acceptors (Lipinski definition) is 0. The molecule has 2 aromatic rings. The van der Waals surface area contributed by atoms with Gasteiger partial charge in [-0.15, -0.1) is 0 Å². The van der Waals surface area contributed by atoms with Crippen molar-refractivity contribution in [3.63, 3.8) is 0 Å². The van der Waals surface area contributed by atoms with Crippen LogP contribution in [0.4, 0.5) is 0 Å². The van der Waals surface area contributed by atoms with E-state index in [1.54, 1.807) is 0 Å². The minimum atomic E-state index is 0.885. The Bertz CT molecular complexity index is 403. The van der Waals surface area contributed by atoms with Crippen LogP contribution in [-0.2, 0) is 6.42 Å². The molecule has 0 saturated heterocycles. The zero-order valence-corrected chi connectivity index (χ0v) is 7.65. The lowest BCUT2D eigenvalue weighted by atomic mass is 10.1. The maximum absolute atomic E-state index is 6.16. The minimum Gasteiger partial charge on any atom is -0.361 e. The van der Waals surface area contributed by atoms with E-state index in [1.807, 2.05) is 12.3 Å². The Morgan fingerprint density at radius 3 is 2.92 bits per heavy atom. The summed E-state index contributed by atoms with van der Waals surface area (Å²) in [5.74, 6) is 0. The summed E-state index contributed by atoms with van der Waals surface area (Å²) < 4.78 is 0. The second-order valence-corrected chi connectivity index (χ2v) is 3.21. The van der Waals surface area contributed by atoms with Crippen LogP contribution in [0.15, 0.2) is 24.4 Å². The first-order valence-electron chi connectivity index (χ1n) is 4.07. The van der Waals surface area contributed by atoms with Crippen molar-refractivity contribution < 1.29 is 0 Å². The molecule has 0 bridgehead atoms. The number of hydrogen-bond donors (Lipinski definition) is 1. The van der Waals surface area contributed by atoms with Crippen LogP contribution in [0.3, 0.4) is 0 Å². The van der Waals surface area contributed by atoms with Crippen LogP contribution in [-0.4, -0.2) is 4.98 Å². The van der Waals surface area contributed by atoms with Gasteiger partial charge in [0.15, 0.2) is 0 Å². The van der Waals surface area contributed by atoms with Crippen LogP contribution in [0.2, 0.25) is 5.02 Å². The number of aryl methyl sites for hydroxylation is 1. The van der Waals surface area contributed by atoms with E-state index in [2.05, 4.69) is 24.0 Å². The second-order valence-electron chi connectivity index (χ2n) is 2.83. The van der Waals surface area contributed by atoms with Gasteiger partial charge in [-0.05, 0) is 24.1 Å². The zero-order chi connectivity index (χ0) is 8.55. The third-order valence-corrected chi connectivity index (χ3v) is 2.58. The summed E-state index contributed by atoms with van der Waals surface area (Å²) >= 11 is 6.16. The van der Waals surface area contributed by atoms with Gasteiger partial charge in [0.2, 0.25) is 0 Å². The molecule has 1 nitrogen and oxygen atoms in total. The Hall–Kier alpha value is -0.950. The first-order chi connectivity index (χ1) is 5.83. The molecule has 0 amide bonds. The molecule has 0 saturated carbocycles. The molecule has 0 aliphatic rings. The maximum atomic E-state index is 6.16. The molecule has 0 atom stereocenters. The molecule has 1 N–H and O–H groups in total. The van der Waals surface area contributed by atoms with Crippen LogP contribution >= 0.6 is 11.6 Å². The van der Waals surface area contributed by atoms with Gasteiger partial charge in [0, 0.05) is 17.1 Å². The Morgan fingerprint density at radius 1 is 1.33 bits per heavy atom. The van der Waals surface area contributed by atoms with Gasteiger partial charge in [0.1, 0.15) is 0 Å². The quantitative estimate of drug-likeness (QED) is 0.691. The largest absolute Gasteiger partial charge is 0.361 e. The second kappa shape index (κ2) is 2.83. The number of rotatable bonds is 1. The number of fused-ring (bicyclic) bond motifs is 1. The molecule has 2 heteroatoms.